The van der Waals surface area contributed by atoms with Crippen LogP contribution in [0.5, 0.6) is 5.75 Å². The Morgan fingerprint density at radius 2 is 1.97 bits per heavy atom. The van der Waals surface area contributed by atoms with Gasteiger partial charge >= 0.3 is 6.09 Å². The van der Waals surface area contributed by atoms with E-state index in [4.69, 9.17) is 15.2 Å². The molecule has 0 unspecified atom stereocenters. The maximum absolute atomic E-state index is 12.2. The number of anilines is 2. The Balaban J connectivity index is 1.44. The highest BCUT2D eigenvalue weighted by atomic mass is 16.6. The summed E-state index contributed by atoms with van der Waals surface area (Å²) in [4.78, 5) is 16.6. The molecule has 2 aliphatic rings. The maximum Gasteiger partial charge on any atom is 0.413 e. The second-order valence-corrected chi connectivity index (χ2v) is 8.70. The smallest absolute Gasteiger partial charge is 0.413 e. The van der Waals surface area contributed by atoms with Gasteiger partial charge in [0.2, 0.25) is 0 Å². The first kappa shape index (κ1) is 20.7. The normalized spacial score (nSPS) is 16.8. The van der Waals surface area contributed by atoms with Crippen LogP contribution in [0.3, 0.4) is 0 Å². The molecule has 7 heteroatoms. The number of nitrogen functional groups attached to an aromatic ring is 1. The Labute approximate surface area is 187 Å². The first-order chi connectivity index (χ1) is 15.6. The summed E-state index contributed by atoms with van der Waals surface area (Å²) in [5.41, 5.74) is 10.4. The van der Waals surface area contributed by atoms with Crippen LogP contribution in [0.2, 0.25) is 0 Å². The van der Waals surface area contributed by atoms with E-state index in [0.29, 0.717) is 18.5 Å². The first-order valence-corrected chi connectivity index (χ1v) is 11.6. The molecule has 3 aromatic rings. The number of nitrogens with two attached hydrogens (primary N) is 1. The molecule has 5 rings (SSSR count). The van der Waals surface area contributed by atoms with Crippen molar-refractivity contribution < 1.29 is 14.3 Å². The molecule has 0 aliphatic heterocycles. The van der Waals surface area contributed by atoms with Crippen LogP contribution in [0.4, 0.5) is 16.3 Å². The van der Waals surface area contributed by atoms with Gasteiger partial charge in [0.15, 0.2) is 0 Å². The summed E-state index contributed by atoms with van der Waals surface area (Å²) < 4.78 is 13.5. The van der Waals surface area contributed by atoms with Gasteiger partial charge in [-0.15, -0.1) is 0 Å². The predicted molar refractivity (Wildman–Crippen MR) is 126 cm³/mol. The molecule has 0 radical (unpaired) electrons. The highest BCUT2D eigenvalue weighted by Gasteiger charge is 2.27. The zero-order chi connectivity index (χ0) is 22.1. The minimum atomic E-state index is -0.441. The zero-order valence-electron chi connectivity index (χ0n) is 18.5. The van der Waals surface area contributed by atoms with Crippen molar-refractivity contribution in [2.45, 2.75) is 64.0 Å². The highest BCUT2D eigenvalue weighted by molar-refractivity contribution is 6.01. The van der Waals surface area contributed by atoms with E-state index in [1.807, 2.05) is 25.1 Å². The van der Waals surface area contributed by atoms with Crippen molar-refractivity contribution in [1.82, 2.24) is 9.55 Å². The monoisotopic (exact) mass is 434 g/mol. The minimum absolute atomic E-state index is 0.0221. The van der Waals surface area contributed by atoms with E-state index < -0.39 is 6.09 Å². The lowest BCUT2D eigenvalue weighted by atomic mass is 9.92. The maximum atomic E-state index is 12.2. The molecule has 0 saturated heterocycles. The van der Waals surface area contributed by atoms with E-state index in [0.717, 1.165) is 72.1 Å². The third-order valence-electron chi connectivity index (χ3n) is 6.61. The van der Waals surface area contributed by atoms with Gasteiger partial charge in [0.1, 0.15) is 17.7 Å². The fourth-order valence-electron chi connectivity index (χ4n) is 4.79. The van der Waals surface area contributed by atoms with Crippen LogP contribution in [0, 0.1) is 0 Å². The molecule has 168 valence electrons. The molecule has 0 spiro atoms. The number of carbonyl (C=O) groups excluding carboxylic acids is 1. The summed E-state index contributed by atoms with van der Waals surface area (Å²) in [7, 11) is 0. The molecular weight excluding hydrogens is 404 g/mol. The standard InChI is InChI=1S/C25H30N4O3/c1-2-31-19-11-12-20-21(14-19)29(17-6-5-7-17)24(23(20)26)16-10-13-22(27-15-16)28-25(30)32-18-8-3-4-9-18/h10-15,17-18H,2-9,26H2,1H3,(H,27,28,30). The summed E-state index contributed by atoms with van der Waals surface area (Å²) in [5, 5.41) is 3.77. The second kappa shape index (κ2) is 8.73. The number of nitrogens with zero attached hydrogens (tertiary/aromatic N) is 2. The molecule has 2 aromatic heterocycles. The number of hydrogen-bond donors (Lipinski definition) is 2. The summed E-state index contributed by atoms with van der Waals surface area (Å²) in [6.45, 7) is 2.61. The van der Waals surface area contributed by atoms with Crippen molar-refractivity contribution in [3.8, 4) is 17.0 Å². The van der Waals surface area contributed by atoms with Crippen LogP contribution in [0.15, 0.2) is 36.5 Å². The largest absolute Gasteiger partial charge is 0.494 e. The number of amides is 1. The molecule has 2 saturated carbocycles. The van der Waals surface area contributed by atoms with Crippen LogP contribution in [-0.2, 0) is 4.74 Å². The van der Waals surface area contributed by atoms with Crippen LogP contribution < -0.4 is 15.8 Å². The topological polar surface area (TPSA) is 91.4 Å². The number of fused-ring (bicyclic) bond motifs is 1. The van der Waals surface area contributed by atoms with Crippen LogP contribution in [0.1, 0.15) is 57.9 Å². The van der Waals surface area contributed by atoms with Crippen molar-refractivity contribution in [1.29, 1.82) is 0 Å². The summed E-state index contributed by atoms with van der Waals surface area (Å²) >= 11 is 0. The zero-order valence-corrected chi connectivity index (χ0v) is 18.5. The Bertz CT molecular complexity index is 1110. The average molecular weight is 435 g/mol. The van der Waals surface area contributed by atoms with Crippen molar-refractivity contribution in [2.24, 2.45) is 0 Å². The minimum Gasteiger partial charge on any atom is -0.494 e. The number of benzene rings is 1. The predicted octanol–water partition coefficient (Wildman–Crippen LogP) is 5.90. The number of pyridine rings is 1. The van der Waals surface area contributed by atoms with Crippen LogP contribution in [0.25, 0.3) is 22.2 Å². The molecule has 7 nitrogen and oxygen atoms in total. The van der Waals surface area contributed by atoms with Gasteiger partial charge in [-0.3, -0.25) is 5.32 Å². The Morgan fingerprint density at radius 3 is 2.62 bits per heavy atom. The van der Waals surface area contributed by atoms with Gasteiger partial charge in [-0.25, -0.2) is 9.78 Å². The Hall–Kier alpha value is -3.22. The van der Waals surface area contributed by atoms with Gasteiger partial charge < -0.3 is 19.8 Å². The fourth-order valence-corrected chi connectivity index (χ4v) is 4.79. The average Bonchev–Trinajstić information content (AvgIpc) is 3.35. The van der Waals surface area contributed by atoms with Gasteiger partial charge in [0.05, 0.1) is 23.5 Å². The van der Waals surface area contributed by atoms with Crippen molar-refractivity contribution in [3.63, 3.8) is 0 Å². The number of nitrogens with one attached hydrogen (secondary N) is 1. The molecule has 0 atom stereocenters. The highest BCUT2D eigenvalue weighted by Crippen LogP contribution is 2.44. The van der Waals surface area contributed by atoms with Crippen molar-refractivity contribution >= 4 is 28.5 Å². The van der Waals surface area contributed by atoms with Gasteiger partial charge in [-0.05, 0) is 76.1 Å². The summed E-state index contributed by atoms with van der Waals surface area (Å²) in [6, 6.07) is 10.3. The van der Waals surface area contributed by atoms with E-state index in [1.165, 1.54) is 6.42 Å². The van der Waals surface area contributed by atoms with Gasteiger partial charge in [-0.1, -0.05) is 0 Å². The molecule has 32 heavy (non-hydrogen) atoms. The van der Waals surface area contributed by atoms with Crippen molar-refractivity contribution in [3.05, 3.63) is 36.5 Å². The lowest BCUT2D eigenvalue weighted by Gasteiger charge is -2.30. The molecule has 3 N–H and O–H groups in total. The third kappa shape index (κ3) is 3.87. The van der Waals surface area contributed by atoms with E-state index in [2.05, 4.69) is 20.9 Å². The first-order valence-electron chi connectivity index (χ1n) is 11.6. The van der Waals surface area contributed by atoms with Gasteiger partial charge in [0.25, 0.3) is 0 Å². The lowest BCUT2D eigenvalue weighted by molar-refractivity contribution is 0.114. The van der Waals surface area contributed by atoms with E-state index >= 15 is 0 Å². The van der Waals surface area contributed by atoms with E-state index in [9.17, 15) is 4.79 Å². The number of ether oxygens (including phenoxy) is 2. The van der Waals surface area contributed by atoms with E-state index in [1.54, 1.807) is 12.3 Å². The van der Waals surface area contributed by atoms with Crippen LogP contribution in [-0.4, -0.2) is 28.4 Å². The molecule has 1 aromatic carbocycles. The Morgan fingerprint density at radius 1 is 1.16 bits per heavy atom. The molecule has 1 amide bonds. The lowest BCUT2D eigenvalue weighted by Crippen LogP contribution is -2.20. The number of hydrogen-bond acceptors (Lipinski definition) is 5. The third-order valence-corrected chi connectivity index (χ3v) is 6.61. The number of aromatic nitrogens is 2. The molecule has 2 aliphatic carbocycles. The van der Waals surface area contributed by atoms with Crippen LogP contribution >= 0.6 is 0 Å². The molecule has 2 fully saturated rings. The number of rotatable bonds is 6. The fraction of sp³-hybridized carbons (Fsp3) is 0.440. The van der Waals surface area contributed by atoms with Gasteiger partial charge in [-0.2, -0.15) is 0 Å². The summed E-state index contributed by atoms with van der Waals surface area (Å²) in [5.74, 6) is 1.32. The SMILES string of the molecule is CCOc1ccc2c(N)c(-c3ccc(NC(=O)OC4CCCC4)nc3)n(C3CCC3)c2c1. The number of carbonyl (C=O) groups is 1. The molecule has 0 bridgehead atoms. The second-order valence-electron chi connectivity index (χ2n) is 8.70. The quantitative estimate of drug-likeness (QED) is 0.504. The molecule has 2 heterocycles. The van der Waals surface area contributed by atoms with Gasteiger partial charge in [0, 0.05) is 29.3 Å². The Kier molecular flexibility index (Phi) is 5.64. The molecular formula is C25H30N4O3. The van der Waals surface area contributed by atoms with E-state index in [-0.39, 0.29) is 6.10 Å². The van der Waals surface area contributed by atoms with Crippen molar-refractivity contribution in [2.75, 3.05) is 17.7 Å². The summed E-state index contributed by atoms with van der Waals surface area (Å²) in [6.07, 6.45) is 8.96.